The van der Waals surface area contributed by atoms with Crippen molar-refractivity contribution in [3.05, 3.63) is 22.4 Å². The second kappa shape index (κ2) is 8.44. The van der Waals surface area contributed by atoms with Gasteiger partial charge in [0.05, 0.1) is 13.0 Å². The first-order valence-electron chi connectivity index (χ1n) is 6.32. The van der Waals surface area contributed by atoms with Gasteiger partial charge >= 0.3 is 5.97 Å². The molecule has 21 heavy (non-hydrogen) atoms. The first-order valence-corrected chi connectivity index (χ1v) is 8.60. The van der Waals surface area contributed by atoms with Crippen molar-refractivity contribution in [3.8, 4) is 0 Å². The zero-order valence-electron chi connectivity index (χ0n) is 12.1. The van der Waals surface area contributed by atoms with Crippen LogP contribution in [0.2, 0.25) is 0 Å². The van der Waals surface area contributed by atoms with Crippen LogP contribution in [0.25, 0.3) is 0 Å². The summed E-state index contributed by atoms with van der Waals surface area (Å²) in [6.07, 6.45) is -0.229. The van der Waals surface area contributed by atoms with E-state index in [9.17, 15) is 13.2 Å². The summed E-state index contributed by atoms with van der Waals surface area (Å²) in [6, 6.07) is 3.71. The molecule has 0 fully saturated rings. The van der Waals surface area contributed by atoms with Gasteiger partial charge in [0, 0.05) is 38.7 Å². The van der Waals surface area contributed by atoms with Crippen LogP contribution in [0.5, 0.6) is 0 Å². The number of rotatable bonds is 10. The second-order valence-electron chi connectivity index (χ2n) is 4.38. The second-order valence-corrected chi connectivity index (χ2v) is 7.45. The molecular formula is C12H20N2O5S2. The van der Waals surface area contributed by atoms with Crippen LogP contribution in [0.1, 0.15) is 11.3 Å². The molecule has 0 spiro atoms. The summed E-state index contributed by atoms with van der Waals surface area (Å²) in [5.41, 5.74) is 0. The number of methoxy groups -OCH3 is 1. The minimum atomic E-state index is -3.72. The van der Waals surface area contributed by atoms with E-state index in [0.29, 0.717) is 0 Å². The van der Waals surface area contributed by atoms with Crippen LogP contribution in [-0.2, 0) is 26.3 Å². The summed E-state index contributed by atoms with van der Waals surface area (Å²) in [5.74, 6) is -1.03. The number of carboxylic acid groups (broad SMARTS) is 1. The Bertz CT molecular complexity index is 530. The maximum Gasteiger partial charge on any atom is 0.304 e. The van der Waals surface area contributed by atoms with E-state index in [-0.39, 0.29) is 32.7 Å². The first kappa shape index (κ1) is 18.1. The van der Waals surface area contributed by atoms with Crippen molar-refractivity contribution in [1.82, 2.24) is 8.61 Å². The standard InChI is InChI=1S/C12H20N2O5S2/c1-13(6-5-12(15)16)21(17,18)14(7-8-19-2)10-11-4-3-9-20-11/h3-4,9H,5-8,10H2,1-2H3,(H,15,16). The Morgan fingerprint density at radius 2 is 2.14 bits per heavy atom. The zero-order valence-corrected chi connectivity index (χ0v) is 13.7. The monoisotopic (exact) mass is 336 g/mol. The molecular weight excluding hydrogens is 316 g/mol. The summed E-state index contributed by atoms with van der Waals surface area (Å²) in [7, 11) is -0.830. The Hall–Kier alpha value is -1.00. The van der Waals surface area contributed by atoms with E-state index in [1.807, 2.05) is 17.5 Å². The molecule has 7 nitrogen and oxygen atoms in total. The molecule has 1 N–H and O–H groups in total. The first-order chi connectivity index (χ1) is 9.87. The molecule has 0 radical (unpaired) electrons. The molecule has 0 aliphatic heterocycles. The Morgan fingerprint density at radius 3 is 2.67 bits per heavy atom. The van der Waals surface area contributed by atoms with Gasteiger partial charge in [-0.2, -0.15) is 17.0 Å². The molecule has 0 bridgehead atoms. The highest BCUT2D eigenvalue weighted by Crippen LogP contribution is 2.16. The highest BCUT2D eigenvalue weighted by Gasteiger charge is 2.27. The smallest absolute Gasteiger partial charge is 0.304 e. The van der Waals surface area contributed by atoms with Gasteiger partial charge in [0.15, 0.2) is 0 Å². The van der Waals surface area contributed by atoms with E-state index < -0.39 is 16.2 Å². The molecule has 120 valence electrons. The lowest BCUT2D eigenvalue weighted by Crippen LogP contribution is -2.43. The number of hydrogen-bond acceptors (Lipinski definition) is 5. The number of carboxylic acids is 1. The number of thiophene rings is 1. The fourth-order valence-corrected chi connectivity index (χ4v) is 3.74. The number of ether oxygens (including phenoxy) is 1. The minimum Gasteiger partial charge on any atom is -0.481 e. The molecule has 1 aromatic heterocycles. The molecule has 1 heterocycles. The molecule has 1 aromatic rings. The summed E-state index contributed by atoms with van der Waals surface area (Å²) < 4.78 is 32.3. The van der Waals surface area contributed by atoms with Crippen LogP contribution in [-0.4, -0.2) is 62.0 Å². The number of carbonyl (C=O) groups is 1. The Morgan fingerprint density at radius 1 is 1.43 bits per heavy atom. The largest absolute Gasteiger partial charge is 0.481 e. The summed E-state index contributed by atoms with van der Waals surface area (Å²) in [6.45, 7) is 0.678. The number of aliphatic carboxylic acids is 1. The van der Waals surface area contributed by atoms with E-state index in [0.717, 1.165) is 9.18 Å². The molecule has 0 aromatic carbocycles. The molecule has 0 amide bonds. The lowest BCUT2D eigenvalue weighted by Gasteiger charge is -2.26. The van der Waals surface area contributed by atoms with Gasteiger partial charge in [-0.25, -0.2) is 0 Å². The van der Waals surface area contributed by atoms with Crippen molar-refractivity contribution < 1.29 is 23.1 Å². The van der Waals surface area contributed by atoms with Crippen molar-refractivity contribution in [3.63, 3.8) is 0 Å². The predicted octanol–water partition coefficient (Wildman–Crippen LogP) is 0.848. The van der Waals surface area contributed by atoms with Gasteiger partial charge in [-0.15, -0.1) is 11.3 Å². The molecule has 0 atom stereocenters. The lowest BCUT2D eigenvalue weighted by atomic mass is 10.4. The summed E-state index contributed by atoms with van der Waals surface area (Å²) in [4.78, 5) is 11.5. The number of hydrogen-bond donors (Lipinski definition) is 1. The highest BCUT2D eigenvalue weighted by atomic mass is 32.2. The van der Waals surface area contributed by atoms with Crippen molar-refractivity contribution in [2.75, 3.05) is 33.9 Å². The molecule has 0 unspecified atom stereocenters. The average molecular weight is 336 g/mol. The van der Waals surface area contributed by atoms with Crippen molar-refractivity contribution >= 4 is 27.5 Å². The van der Waals surface area contributed by atoms with Gasteiger partial charge in [0.1, 0.15) is 0 Å². The molecule has 0 saturated carbocycles. The molecule has 0 saturated heterocycles. The van der Waals surface area contributed by atoms with Crippen molar-refractivity contribution in [2.45, 2.75) is 13.0 Å². The van der Waals surface area contributed by atoms with E-state index in [1.165, 1.54) is 29.8 Å². The van der Waals surface area contributed by atoms with Crippen molar-refractivity contribution in [1.29, 1.82) is 0 Å². The third-order valence-corrected chi connectivity index (χ3v) is 5.61. The Kier molecular flexibility index (Phi) is 7.26. The summed E-state index contributed by atoms with van der Waals surface area (Å²) >= 11 is 1.47. The quantitative estimate of drug-likeness (QED) is 0.684. The van der Waals surface area contributed by atoms with Gasteiger partial charge in [-0.05, 0) is 11.4 Å². The zero-order chi connectivity index (χ0) is 15.9. The van der Waals surface area contributed by atoms with Crippen LogP contribution in [0, 0.1) is 0 Å². The van der Waals surface area contributed by atoms with Crippen molar-refractivity contribution in [2.24, 2.45) is 0 Å². The van der Waals surface area contributed by atoms with Crippen LogP contribution < -0.4 is 0 Å². The van der Waals surface area contributed by atoms with Crippen LogP contribution in [0.3, 0.4) is 0 Å². The third kappa shape index (κ3) is 5.71. The van der Waals surface area contributed by atoms with E-state index in [4.69, 9.17) is 9.84 Å². The molecule has 9 heteroatoms. The molecule has 1 rings (SSSR count). The van der Waals surface area contributed by atoms with Gasteiger partial charge < -0.3 is 9.84 Å². The normalized spacial score (nSPS) is 12.2. The molecule has 0 aliphatic carbocycles. The van der Waals surface area contributed by atoms with Gasteiger partial charge in [-0.3, -0.25) is 4.79 Å². The van der Waals surface area contributed by atoms with E-state index >= 15 is 0 Å². The maximum absolute atomic E-state index is 12.5. The topological polar surface area (TPSA) is 87.2 Å². The lowest BCUT2D eigenvalue weighted by molar-refractivity contribution is -0.137. The van der Waals surface area contributed by atoms with Gasteiger partial charge in [0.25, 0.3) is 10.2 Å². The van der Waals surface area contributed by atoms with Crippen LogP contribution in [0.4, 0.5) is 0 Å². The number of nitrogens with zero attached hydrogens (tertiary/aromatic N) is 2. The fraction of sp³-hybridized carbons (Fsp3) is 0.583. The predicted molar refractivity (Wildman–Crippen MR) is 80.4 cm³/mol. The highest BCUT2D eigenvalue weighted by molar-refractivity contribution is 7.86. The van der Waals surface area contributed by atoms with Crippen LogP contribution >= 0.6 is 11.3 Å². The third-order valence-electron chi connectivity index (χ3n) is 2.82. The fourth-order valence-electron chi connectivity index (χ4n) is 1.61. The minimum absolute atomic E-state index is 0.0639. The van der Waals surface area contributed by atoms with Gasteiger partial charge in [-0.1, -0.05) is 6.07 Å². The molecule has 0 aliphatic rings. The van der Waals surface area contributed by atoms with E-state index in [1.54, 1.807) is 0 Å². The Balaban J connectivity index is 2.80. The van der Waals surface area contributed by atoms with Crippen LogP contribution in [0.15, 0.2) is 17.5 Å². The maximum atomic E-state index is 12.5. The Labute approximate surface area is 128 Å². The summed E-state index contributed by atoms with van der Waals surface area (Å²) in [5, 5.41) is 10.5. The SMILES string of the molecule is COCCN(Cc1cccs1)S(=O)(=O)N(C)CCC(=O)O. The van der Waals surface area contributed by atoms with Gasteiger partial charge in [0.2, 0.25) is 0 Å². The average Bonchev–Trinajstić information content (AvgIpc) is 2.93. The van der Waals surface area contributed by atoms with E-state index in [2.05, 4.69) is 0 Å².